The fourth-order valence-electron chi connectivity index (χ4n) is 2.99. The first kappa shape index (κ1) is 14.4. The zero-order valence-electron chi connectivity index (χ0n) is 13.3. The Morgan fingerprint density at radius 1 is 1.17 bits per heavy atom. The molecule has 0 unspecified atom stereocenters. The number of carbonyl (C=O) groups excluding carboxylic acids is 1. The largest absolute Gasteiger partial charge is 0.343 e. The first-order valence-electron chi connectivity index (χ1n) is 7.93. The van der Waals surface area contributed by atoms with Crippen LogP contribution in [0.3, 0.4) is 0 Å². The molecule has 6 heteroatoms. The minimum absolute atomic E-state index is 0.206. The van der Waals surface area contributed by atoms with Crippen molar-refractivity contribution in [3.8, 4) is 0 Å². The number of rotatable bonds is 4. The molecule has 0 fully saturated rings. The zero-order chi connectivity index (χ0) is 16.5. The van der Waals surface area contributed by atoms with Crippen LogP contribution in [-0.2, 0) is 13.1 Å². The van der Waals surface area contributed by atoms with Crippen molar-refractivity contribution < 1.29 is 4.79 Å². The van der Waals surface area contributed by atoms with Gasteiger partial charge in [-0.05, 0) is 25.1 Å². The molecule has 4 rings (SSSR count). The second-order valence-corrected chi connectivity index (χ2v) is 5.56. The number of hydrogen-bond acceptors (Lipinski definition) is 3. The van der Waals surface area contributed by atoms with Crippen LogP contribution in [-0.4, -0.2) is 25.7 Å². The third-order valence-corrected chi connectivity index (χ3v) is 4.14. The molecule has 0 aliphatic carbocycles. The monoisotopic (exact) mass is 319 g/mol. The van der Waals surface area contributed by atoms with Gasteiger partial charge in [0.1, 0.15) is 5.82 Å². The van der Waals surface area contributed by atoms with Gasteiger partial charge in [-0.2, -0.15) is 5.10 Å². The molecule has 0 aliphatic rings. The summed E-state index contributed by atoms with van der Waals surface area (Å²) in [6, 6.07) is 15.6. The van der Waals surface area contributed by atoms with Gasteiger partial charge >= 0.3 is 0 Å². The number of hydrogen-bond donors (Lipinski definition) is 2. The lowest BCUT2D eigenvalue weighted by Gasteiger charge is -2.07. The highest BCUT2D eigenvalue weighted by Gasteiger charge is 2.15. The summed E-state index contributed by atoms with van der Waals surface area (Å²) in [6.07, 6.45) is 0. The Bertz CT molecular complexity index is 1030. The maximum Gasteiger partial charge on any atom is 0.272 e. The first-order valence-corrected chi connectivity index (χ1v) is 7.93. The van der Waals surface area contributed by atoms with Crippen LogP contribution < -0.4 is 5.32 Å². The number of aryl methyl sites for hydroxylation is 1. The van der Waals surface area contributed by atoms with Crippen LogP contribution >= 0.6 is 0 Å². The van der Waals surface area contributed by atoms with Gasteiger partial charge < -0.3 is 9.88 Å². The van der Waals surface area contributed by atoms with E-state index in [1.54, 1.807) is 0 Å². The quantitative estimate of drug-likeness (QED) is 0.607. The Balaban J connectivity index is 1.60. The third kappa shape index (κ3) is 2.32. The molecule has 0 saturated heterocycles. The van der Waals surface area contributed by atoms with E-state index in [9.17, 15) is 4.79 Å². The second-order valence-electron chi connectivity index (χ2n) is 5.56. The normalized spacial score (nSPS) is 11.2. The van der Waals surface area contributed by atoms with Crippen molar-refractivity contribution in [1.29, 1.82) is 0 Å². The molecule has 120 valence electrons. The summed E-state index contributed by atoms with van der Waals surface area (Å²) < 4.78 is 2.11. The van der Waals surface area contributed by atoms with Crippen molar-refractivity contribution in [3.05, 3.63) is 60.0 Å². The van der Waals surface area contributed by atoms with E-state index in [0.717, 1.165) is 34.3 Å². The summed E-state index contributed by atoms with van der Waals surface area (Å²) >= 11 is 0. The molecule has 0 atom stereocenters. The lowest BCUT2D eigenvalue weighted by molar-refractivity contribution is 0.0946. The Labute approximate surface area is 138 Å². The van der Waals surface area contributed by atoms with Crippen LogP contribution in [0.5, 0.6) is 0 Å². The minimum atomic E-state index is -0.206. The molecule has 0 aliphatic heterocycles. The van der Waals surface area contributed by atoms with Crippen LogP contribution in [0.1, 0.15) is 23.2 Å². The maximum absolute atomic E-state index is 12.5. The number of aromatic amines is 1. The highest BCUT2D eigenvalue weighted by atomic mass is 16.1. The van der Waals surface area contributed by atoms with Crippen molar-refractivity contribution in [1.82, 2.24) is 25.1 Å². The number of fused-ring (bicyclic) bond motifs is 2. The van der Waals surface area contributed by atoms with Crippen molar-refractivity contribution in [2.75, 3.05) is 0 Å². The molecule has 2 aromatic carbocycles. The highest BCUT2D eigenvalue weighted by molar-refractivity contribution is 6.04. The van der Waals surface area contributed by atoms with E-state index in [1.807, 2.05) is 48.5 Å². The molecule has 0 bridgehead atoms. The summed E-state index contributed by atoms with van der Waals surface area (Å²) in [4.78, 5) is 17.1. The summed E-state index contributed by atoms with van der Waals surface area (Å²) in [5, 5.41) is 10.8. The summed E-state index contributed by atoms with van der Waals surface area (Å²) in [5.41, 5.74) is 3.27. The van der Waals surface area contributed by atoms with Crippen LogP contribution in [0, 0.1) is 0 Å². The van der Waals surface area contributed by atoms with Crippen molar-refractivity contribution in [2.24, 2.45) is 0 Å². The van der Waals surface area contributed by atoms with Crippen LogP contribution in [0.4, 0.5) is 0 Å². The van der Waals surface area contributed by atoms with Gasteiger partial charge in [-0.1, -0.05) is 30.3 Å². The molecule has 1 amide bonds. The predicted molar refractivity (Wildman–Crippen MR) is 92.7 cm³/mol. The number of benzene rings is 2. The Morgan fingerprint density at radius 3 is 2.83 bits per heavy atom. The molecule has 0 saturated carbocycles. The second kappa shape index (κ2) is 5.81. The van der Waals surface area contributed by atoms with Crippen LogP contribution in [0.25, 0.3) is 21.9 Å². The van der Waals surface area contributed by atoms with Gasteiger partial charge in [-0.25, -0.2) is 4.98 Å². The fraction of sp³-hybridized carbons (Fsp3) is 0.167. The Kier molecular flexibility index (Phi) is 3.49. The summed E-state index contributed by atoms with van der Waals surface area (Å²) in [7, 11) is 0. The number of H-pyrrole nitrogens is 1. The van der Waals surface area contributed by atoms with Crippen molar-refractivity contribution in [3.63, 3.8) is 0 Å². The highest BCUT2D eigenvalue weighted by Crippen LogP contribution is 2.17. The van der Waals surface area contributed by atoms with E-state index in [4.69, 9.17) is 0 Å². The van der Waals surface area contributed by atoms with Crippen molar-refractivity contribution >= 4 is 27.8 Å². The summed E-state index contributed by atoms with van der Waals surface area (Å²) in [5.74, 6) is 0.633. The number of para-hydroxylation sites is 3. The van der Waals surface area contributed by atoms with E-state index in [-0.39, 0.29) is 5.91 Å². The van der Waals surface area contributed by atoms with Gasteiger partial charge in [0.15, 0.2) is 5.69 Å². The van der Waals surface area contributed by atoms with E-state index in [2.05, 4.69) is 32.0 Å². The Morgan fingerprint density at radius 2 is 1.96 bits per heavy atom. The molecule has 2 N–H and O–H groups in total. The third-order valence-electron chi connectivity index (χ3n) is 4.14. The topological polar surface area (TPSA) is 75.6 Å². The number of aromatic nitrogens is 4. The van der Waals surface area contributed by atoms with Gasteiger partial charge in [-0.15, -0.1) is 0 Å². The number of nitrogens with one attached hydrogen (secondary N) is 2. The summed E-state index contributed by atoms with van der Waals surface area (Å²) in [6.45, 7) is 3.24. The minimum Gasteiger partial charge on any atom is -0.343 e. The standard InChI is InChI=1S/C18H17N5O/c1-2-23-15-10-6-5-9-14(15)20-16(23)11-19-18(24)17-12-7-3-4-8-13(12)21-22-17/h3-10H,2,11H2,1H3,(H,19,24)(H,21,22). The molecule has 0 radical (unpaired) electrons. The van der Waals surface area contributed by atoms with Crippen molar-refractivity contribution in [2.45, 2.75) is 20.0 Å². The maximum atomic E-state index is 12.5. The number of carbonyl (C=O) groups is 1. The van der Waals surface area contributed by atoms with Gasteiger partial charge in [0.2, 0.25) is 0 Å². The SMILES string of the molecule is CCn1c(CNC(=O)c2n[nH]c3ccccc23)nc2ccccc21. The van der Waals surface area contributed by atoms with Crippen LogP contribution in [0.15, 0.2) is 48.5 Å². The molecule has 0 spiro atoms. The smallest absolute Gasteiger partial charge is 0.272 e. The van der Waals surface area contributed by atoms with Gasteiger partial charge in [0, 0.05) is 11.9 Å². The fourth-order valence-corrected chi connectivity index (χ4v) is 2.99. The van der Waals surface area contributed by atoms with Gasteiger partial charge in [-0.3, -0.25) is 9.89 Å². The Hall–Kier alpha value is -3.15. The van der Waals surface area contributed by atoms with Gasteiger partial charge in [0.25, 0.3) is 5.91 Å². The van der Waals surface area contributed by atoms with E-state index >= 15 is 0 Å². The zero-order valence-corrected chi connectivity index (χ0v) is 13.3. The molecule has 2 heterocycles. The van der Waals surface area contributed by atoms with E-state index < -0.39 is 0 Å². The molecule has 6 nitrogen and oxygen atoms in total. The predicted octanol–water partition coefficient (Wildman–Crippen LogP) is 2.86. The lowest BCUT2D eigenvalue weighted by Crippen LogP contribution is -2.25. The number of imidazole rings is 1. The molecular formula is C18H17N5O. The average Bonchev–Trinajstić information content (AvgIpc) is 3.20. The average molecular weight is 319 g/mol. The van der Waals surface area contributed by atoms with Crippen LogP contribution in [0.2, 0.25) is 0 Å². The van der Waals surface area contributed by atoms with E-state index in [1.165, 1.54) is 0 Å². The molecule has 4 aromatic rings. The lowest BCUT2D eigenvalue weighted by atomic mass is 10.2. The van der Waals surface area contributed by atoms with E-state index in [0.29, 0.717) is 12.2 Å². The molecular weight excluding hydrogens is 302 g/mol. The molecule has 2 aromatic heterocycles. The first-order chi connectivity index (χ1) is 11.8. The number of amides is 1. The van der Waals surface area contributed by atoms with Gasteiger partial charge in [0.05, 0.1) is 23.1 Å². The molecule has 24 heavy (non-hydrogen) atoms. The number of nitrogens with zero attached hydrogens (tertiary/aromatic N) is 3.